The highest BCUT2D eigenvalue weighted by atomic mass is 16.4. The number of carbonyl (C=O) groups excluding carboxylic acids is 17. The number of hydrogen-bond acceptors (Lipinski definition) is 24. The zero-order valence-corrected chi connectivity index (χ0v) is 73.2. The number of hydrogen-bond donors (Lipinski definition) is 20. The number of benzene rings is 2. The van der Waals surface area contributed by atoms with Crippen molar-refractivity contribution in [2.75, 3.05) is 59.0 Å². The molecule has 2 aromatic carbocycles. The molecule has 17 amide bonds. The van der Waals surface area contributed by atoms with E-state index in [4.69, 9.17) is 5.73 Å². The highest BCUT2D eigenvalue weighted by Gasteiger charge is 2.47. The van der Waals surface area contributed by atoms with Crippen LogP contribution in [0.25, 0.3) is 0 Å². The van der Waals surface area contributed by atoms with Crippen LogP contribution in [0, 0.1) is 17.8 Å². The highest BCUT2D eigenvalue weighted by Crippen LogP contribution is 2.30. The SMILES string of the molecule is CC[C@H](C)[C@H](NC(=O)[C@H](Cc1ccccc1)NC(=O)[C@H](C)N)C(=O)N[C@@H](CCC(=O)O)C(=O)N[C@@H](Cc1ccc(O)cc1)C(=O)N[C@@H](CC(C)C)C(=O)N[C@@H](CC(C)C)C(=O)N[C@@H](CCC(=O)O)C(=O)NCC(=O)NCC(=O)N1CCC[C@H]1C(=O)N[C@@H](CO)C(=O)N[C@@H](CO)C(=O)NCC(=O)N[C@@H](C)C(=O)N1CCC[C@H]1C(=O)N1CCC[C@H]1C(=O)N1CCC[C@H]1C(=O)O. The van der Waals surface area contributed by atoms with Crippen LogP contribution < -0.4 is 74.9 Å². The first-order valence-corrected chi connectivity index (χ1v) is 43.1. The molecule has 4 saturated heterocycles. The lowest BCUT2D eigenvalue weighted by Gasteiger charge is -2.34. The van der Waals surface area contributed by atoms with Gasteiger partial charge in [-0.15, -0.1) is 0 Å². The topological polar surface area (TPSA) is 658 Å². The first-order chi connectivity index (χ1) is 60.6. The average molecular weight is 1800 g/mol. The first-order valence-electron chi connectivity index (χ1n) is 43.1. The van der Waals surface area contributed by atoms with Crippen LogP contribution in [0.5, 0.6) is 5.75 Å². The summed E-state index contributed by atoms with van der Waals surface area (Å²) in [7, 11) is 0. The van der Waals surface area contributed by atoms with Gasteiger partial charge in [-0.2, -0.15) is 0 Å². The van der Waals surface area contributed by atoms with Crippen molar-refractivity contribution in [2.45, 2.75) is 255 Å². The van der Waals surface area contributed by atoms with Crippen molar-refractivity contribution in [3.63, 3.8) is 0 Å². The van der Waals surface area contributed by atoms with Crippen LogP contribution in [0.15, 0.2) is 54.6 Å². The fourth-order valence-corrected chi connectivity index (χ4v) is 15.3. The number of carboxylic acids is 3. The fourth-order valence-electron chi connectivity index (χ4n) is 15.3. The summed E-state index contributed by atoms with van der Waals surface area (Å²) in [5, 5.41) is 91.5. The number of rotatable bonds is 49. The third kappa shape index (κ3) is 31.8. The highest BCUT2D eigenvalue weighted by molar-refractivity contribution is 6.01. The summed E-state index contributed by atoms with van der Waals surface area (Å²) in [5.74, 6) is -20.6. The molecule has 2 aromatic rings. The number of amides is 17. The molecule has 4 aliphatic heterocycles. The van der Waals surface area contributed by atoms with Gasteiger partial charge in [-0.1, -0.05) is 90.4 Å². The molecule has 21 N–H and O–H groups in total. The van der Waals surface area contributed by atoms with E-state index in [-0.39, 0.29) is 102 Å². The standard InChI is InChI=1S/C84H124N18O26/c1-9-46(6)69(98-77(120)57(92-70(113)47(7)85)37-49-17-11-10-12-18-49)80(123)91-53(28-30-68(111)112)73(116)95-56(38-50-23-25-51(105)26-24-50)76(119)94-55(36-45(4)5)75(118)93-54(35-44(2)3)74(117)90-52(27-29-67(109)110)71(114)87-39-64(106)86-41-66(108)99-31-13-19-60(99)79(122)97-59(43-104)78(121)96-58(42-103)72(115)88-40-65(107)89-48(8)81(124)100-32-14-20-61(100)82(125)101-33-15-21-62(101)83(126)102-34-16-22-63(102)84(127)128/h10-12,17-18,23-26,44-48,52-63,69,103-105H,9,13-16,19-22,27-43,85H2,1-8H3,(H,86,106)(H,87,114)(H,88,115)(H,89,107)(H,90,117)(H,91,123)(H,92,113)(H,93,118)(H,94,119)(H,95,116)(H,96,121)(H,97,122)(H,98,120)(H,109,110)(H,111,112)(H,127,128)/t46-,47-,48-,52-,53-,54-,55-,56-,57-,58-,59-,60-,61-,62-,63-,69-/m0/s1. The molecule has 0 bridgehead atoms. The van der Waals surface area contributed by atoms with E-state index in [1.54, 1.807) is 71.9 Å². The van der Waals surface area contributed by atoms with Crippen LogP contribution >= 0.6 is 0 Å². The Morgan fingerprint density at radius 1 is 0.406 bits per heavy atom. The molecule has 128 heavy (non-hydrogen) atoms. The van der Waals surface area contributed by atoms with Crippen LogP contribution in [-0.4, -0.2) is 318 Å². The Bertz CT molecular complexity index is 4290. The Labute approximate surface area is 739 Å². The predicted molar refractivity (Wildman–Crippen MR) is 452 cm³/mol. The van der Waals surface area contributed by atoms with Gasteiger partial charge in [0.15, 0.2) is 0 Å². The number of aromatic hydroxyl groups is 1. The lowest BCUT2D eigenvalue weighted by atomic mass is 9.96. The second-order valence-electron chi connectivity index (χ2n) is 33.4. The molecule has 6 rings (SSSR count). The van der Waals surface area contributed by atoms with Gasteiger partial charge < -0.3 is 125 Å². The second-order valence-corrected chi connectivity index (χ2v) is 33.4. The van der Waals surface area contributed by atoms with Crippen LogP contribution in [-0.2, 0) is 109 Å². The molecule has 0 aliphatic carbocycles. The van der Waals surface area contributed by atoms with E-state index in [2.05, 4.69) is 69.1 Å². The number of carboxylic acid groups (broad SMARTS) is 3. The number of phenols is 1. The maximum atomic E-state index is 14.8. The Kier molecular flexibility index (Phi) is 41.4. The molecule has 0 aromatic heterocycles. The zero-order valence-electron chi connectivity index (χ0n) is 73.2. The van der Waals surface area contributed by atoms with Gasteiger partial charge in [0.1, 0.15) is 90.3 Å². The Morgan fingerprint density at radius 3 is 1.31 bits per heavy atom. The van der Waals surface area contributed by atoms with Crippen LogP contribution in [0.3, 0.4) is 0 Å². The molecular formula is C84H124N18O26. The number of nitrogens with two attached hydrogens (primary N) is 1. The minimum Gasteiger partial charge on any atom is -0.508 e. The third-order valence-corrected chi connectivity index (χ3v) is 22.4. The minimum atomic E-state index is -1.79. The molecule has 4 heterocycles. The maximum absolute atomic E-state index is 14.8. The van der Waals surface area contributed by atoms with Gasteiger partial charge in [-0.25, -0.2) is 4.79 Å². The molecule has 0 spiro atoms. The van der Waals surface area contributed by atoms with E-state index in [0.717, 1.165) is 4.90 Å². The fraction of sp³-hybridized carbons (Fsp3) is 0.619. The first kappa shape index (κ1) is 104. The lowest BCUT2D eigenvalue weighted by molar-refractivity contribution is -0.153. The molecule has 16 atom stereocenters. The molecule has 4 aliphatic rings. The Balaban J connectivity index is 1.03. The zero-order chi connectivity index (χ0) is 94.9. The van der Waals surface area contributed by atoms with E-state index < -0.39 is 273 Å². The van der Waals surface area contributed by atoms with Gasteiger partial charge in [0, 0.05) is 51.9 Å². The largest absolute Gasteiger partial charge is 0.508 e. The Morgan fingerprint density at radius 2 is 0.805 bits per heavy atom. The summed E-state index contributed by atoms with van der Waals surface area (Å²) in [5.41, 5.74) is 6.83. The van der Waals surface area contributed by atoms with Crippen LogP contribution in [0.1, 0.15) is 163 Å². The van der Waals surface area contributed by atoms with Crippen molar-refractivity contribution in [2.24, 2.45) is 23.5 Å². The predicted octanol–water partition coefficient (Wildman–Crippen LogP) is -5.36. The second kappa shape index (κ2) is 50.8. The monoisotopic (exact) mass is 1800 g/mol. The smallest absolute Gasteiger partial charge is 0.326 e. The molecule has 44 heteroatoms. The van der Waals surface area contributed by atoms with Crippen molar-refractivity contribution in [1.29, 1.82) is 0 Å². The van der Waals surface area contributed by atoms with Crippen LogP contribution in [0.4, 0.5) is 0 Å². The number of aliphatic hydroxyl groups is 2. The molecule has 706 valence electrons. The van der Waals surface area contributed by atoms with Gasteiger partial charge in [0.05, 0.1) is 38.9 Å². The summed E-state index contributed by atoms with van der Waals surface area (Å²) in [4.78, 5) is 276. The summed E-state index contributed by atoms with van der Waals surface area (Å²) in [6.45, 7) is 8.86. The lowest BCUT2D eigenvalue weighted by Crippen LogP contribution is -2.61. The quantitative estimate of drug-likeness (QED) is 0.0294. The van der Waals surface area contributed by atoms with E-state index in [9.17, 15) is 127 Å². The van der Waals surface area contributed by atoms with E-state index in [1.807, 2.05) is 0 Å². The van der Waals surface area contributed by atoms with Gasteiger partial charge in [0.25, 0.3) is 0 Å². The van der Waals surface area contributed by atoms with Gasteiger partial charge in [-0.3, -0.25) is 91.1 Å². The average Bonchev–Trinajstić information content (AvgIpc) is 1.63. The molecule has 4 fully saturated rings. The summed E-state index contributed by atoms with van der Waals surface area (Å²) in [6.07, 6.45) is -0.332. The number of phenolic OH excluding ortho intramolecular Hbond substituents is 1. The summed E-state index contributed by atoms with van der Waals surface area (Å²) < 4.78 is 0. The number of likely N-dealkylation sites (tertiary alicyclic amines) is 4. The summed E-state index contributed by atoms with van der Waals surface area (Å²) >= 11 is 0. The van der Waals surface area contributed by atoms with E-state index >= 15 is 0 Å². The molecule has 0 saturated carbocycles. The number of nitrogens with one attached hydrogen (secondary N) is 13. The van der Waals surface area contributed by atoms with Crippen molar-refractivity contribution in [3.05, 3.63) is 65.7 Å². The van der Waals surface area contributed by atoms with Gasteiger partial charge >= 0.3 is 17.9 Å². The molecule has 0 unspecified atom stereocenters. The number of aliphatic hydroxyl groups excluding tert-OH is 2. The van der Waals surface area contributed by atoms with Gasteiger partial charge in [-0.05, 0) is 132 Å². The molecule has 0 radical (unpaired) electrons. The normalized spacial score (nSPS) is 18.8. The number of nitrogens with zero attached hydrogens (tertiary/aromatic N) is 4. The van der Waals surface area contributed by atoms with Crippen molar-refractivity contribution in [3.8, 4) is 5.75 Å². The van der Waals surface area contributed by atoms with Crippen molar-refractivity contribution < 1.29 is 127 Å². The Hall–Kier alpha value is -12.5. The van der Waals surface area contributed by atoms with Crippen LogP contribution in [0.2, 0.25) is 0 Å². The number of carbonyl (C=O) groups is 20. The third-order valence-electron chi connectivity index (χ3n) is 22.4. The van der Waals surface area contributed by atoms with Crippen molar-refractivity contribution >= 4 is 118 Å². The van der Waals surface area contributed by atoms with E-state index in [0.29, 0.717) is 36.8 Å². The molecular weight excluding hydrogens is 1680 g/mol. The van der Waals surface area contributed by atoms with E-state index in [1.165, 1.54) is 52.8 Å². The minimum absolute atomic E-state index is 0.0196. The number of aliphatic carboxylic acids is 3. The maximum Gasteiger partial charge on any atom is 0.326 e. The summed E-state index contributed by atoms with van der Waals surface area (Å²) in [6, 6.07) is -6.61. The molecule has 44 nitrogen and oxygen atoms in total. The van der Waals surface area contributed by atoms with Gasteiger partial charge in [0.2, 0.25) is 100 Å². The van der Waals surface area contributed by atoms with Crippen molar-refractivity contribution in [1.82, 2.24) is 88.7 Å².